The molecular weight excluding hydrogens is 218 g/mol. The zero-order chi connectivity index (χ0) is 12.3. The highest BCUT2D eigenvalue weighted by Gasteiger charge is 1.95. The predicted molar refractivity (Wildman–Crippen MR) is 66.1 cm³/mol. The highest BCUT2D eigenvalue weighted by Crippen LogP contribution is 2.01. The highest BCUT2D eigenvalue weighted by atomic mass is 16.5. The Hall–Kier alpha value is -1.59. The van der Waals surface area contributed by atoms with E-state index in [4.69, 9.17) is 10.6 Å². The van der Waals surface area contributed by atoms with Crippen LogP contribution >= 0.6 is 0 Å². The molecule has 0 aliphatic carbocycles. The first kappa shape index (κ1) is 13.5. The molecule has 0 radical (unpaired) electrons. The number of urea groups is 1. The van der Waals surface area contributed by atoms with Crippen molar-refractivity contribution in [2.75, 3.05) is 13.2 Å². The number of amides is 2. The summed E-state index contributed by atoms with van der Waals surface area (Å²) >= 11 is 0. The van der Waals surface area contributed by atoms with Crippen molar-refractivity contribution in [1.82, 2.24) is 10.7 Å². The lowest BCUT2D eigenvalue weighted by Crippen LogP contribution is -2.40. The van der Waals surface area contributed by atoms with Gasteiger partial charge in [0.15, 0.2) is 0 Å². The Balaban J connectivity index is 1.93. The summed E-state index contributed by atoms with van der Waals surface area (Å²) in [6.07, 6.45) is 1.79. The number of nitrogens with two attached hydrogens (primary N) is 1. The summed E-state index contributed by atoms with van der Waals surface area (Å²) in [7, 11) is 0. The average Bonchev–Trinajstić information content (AvgIpc) is 2.38. The average molecular weight is 237 g/mol. The van der Waals surface area contributed by atoms with E-state index in [1.54, 1.807) is 0 Å². The first-order chi connectivity index (χ1) is 8.33. The number of carbonyl (C=O) groups excluding carboxylic acids is 1. The van der Waals surface area contributed by atoms with E-state index in [1.165, 1.54) is 5.56 Å². The van der Waals surface area contributed by atoms with Crippen LogP contribution in [0.5, 0.6) is 0 Å². The van der Waals surface area contributed by atoms with Crippen LogP contribution in [-0.4, -0.2) is 19.2 Å². The molecule has 94 valence electrons. The van der Waals surface area contributed by atoms with E-state index in [-0.39, 0.29) is 6.03 Å². The minimum absolute atomic E-state index is 0.352. The van der Waals surface area contributed by atoms with Crippen molar-refractivity contribution in [3.8, 4) is 0 Å². The third kappa shape index (κ3) is 6.55. The first-order valence-electron chi connectivity index (χ1n) is 5.69. The molecule has 0 saturated carbocycles. The number of hydrogen-bond acceptors (Lipinski definition) is 3. The second-order valence-corrected chi connectivity index (χ2v) is 3.65. The Kier molecular flexibility index (Phi) is 6.78. The summed E-state index contributed by atoms with van der Waals surface area (Å²) in [5.41, 5.74) is 3.18. The second-order valence-electron chi connectivity index (χ2n) is 3.65. The number of hydrogen-bond donors (Lipinski definition) is 3. The minimum Gasteiger partial charge on any atom is -0.377 e. The van der Waals surface area contributed by atoms with Crippen molar-refractivity contribution in [2.24, 2.45) is 5.84 Å². The predicted octanol–water partition coefficient (Wildman–Crippen LogP) is 1.16. The third-order valence-corrected chi connectivity index (χ3v) is 2.24. The fourth-order valence-electron chi connectivity index (χ4n) is 1.35. The number of carbonyl (C=O) groups is 1. The van der Waals surface area contributed by atoms with Crippen LogP contribution in [0.3, 0.4) is 0 Å². The number of ether oxygens (including phenoxy) is 1. The Bertz CT molecular complexity index is 317. The molecule has 0 heterocycles. The number of rotatable bonds is 7. The molecule has 1 aromatic rings. The zero-order valence-corrected chi connectivity index (χ0v) is 9.82. The van der Waals surface area contributed by atoms with Gasteiger partial charge in [0.1, 0.15) is 0 Å². The van der Waals surface area contributed by atoms with Gasteiger partial charge >= 0.3 is 6.03 Å². The van der Waals surface area contributed by atoms with Crippen molar-refractivity contribution < 1.29 is 9.53 Å². The first-order valence-corrected chi connectivity index (χ1v) is 5.69. The van der Waals surface area contributed by atoms with Gasteiger partial charge in [-0.25, -0.2) is 10.6 Å². The summed E-state index contributed by atoms with van der Waals surface area (Å²) in [6.45, 7) is 1.94. The van der Waals surface area contributed by atoms with Crippen molar-refractivity contribution in [3.63, 3.8) is 0 Å². The van der Waals surface area contributed by atoms with E-state index in [1.807, 2.05) is 35.8 Å². The fraction of sp³-hybridized carbons (Fsp3) is 0.417. The van der Waals surface area contributed by atoms with Crippen LogP contribution < -0.4 is 16.6 Å². The normalized spacial score (nSPS) is 9.94. The maximum absolute atomic E-state index is 10.7. The maximum atomic E-state index is 10.7. The number of hydrazine groups is 1. The molecule has 4 N–H and O–H groups in total. The van der Waals surface area contributed by atoms with Gasteiger partial charge < -0.3 is 10.1 Å². The molecule has 0 aliphatic heterocycles. The molecule has 0 saturated heterocycles. The van der Waals surface area contributed by atoms with E-state index in [0.29, 0.717) is 19.8 Å². The molecule has 0 spiro atoms. The maximum Gasteiger partial charge on any atom is 0.328 e. The van der Waals surface area contributed by atoms with Gasteiger partial charge in [0, 0.05) is 13.2 Å². The molecule has 17 heavy (non-hydrogen) atoms. The van der Waals surface area contributed by atoms with Crippen LogP contribution in [0.2, 0.25) is 0 Å². The highest BCUT2D eigenvalue weighted by molar-refractivity contribution is 5.72. The summed E-state index contributed by atoms with van der Waals surface area (Å²) in [5.74, 6) is 4.91. The number of unbranched alkanes of at least 4 members (excludes halogenated alkanes) is 1. The molecule has 0 fully saturated rings. The van der Waals surface area contributed by atoms with Crippen LogP contribution in [0.1, 0.15) is 18.4 Å². The molecule has 0 aromatic heterocycles. The van der Waals surface area contributed by atoms with Crippen LogP contribution in [0, 0.1) is 0 Å². The summed E-state index contributed by atoms with van der Waals surface area (Å²) in [6, 6.07) is 9.69. The lowest BCUT2D eigenvalue weighted by Gasteiger charge is -2.05. The van der Waals surface area contributed by atoms with Gasteiger partial charge in [0.2, 0.25) is 0 Å². The van der Waals surface area contributed by atoms with E-state index >= 15 is 0 Å². The summed E-state index contributed by atoms with van der Waals surface area (Å²) in [4.78, 5) is 10.7. The van der Waals surface area contributed by atoms with Crippen molar-refractivity contribution >= 4 is 6.03 Å². The zero-order valence-electron chi connectivity index (χ0n) is 9.82. The van der Waals surface area contributed by atoms with Gasteiger partial charge in [-0.3, -0.25) is 5.43 Å². The summed E-state index contributed by atoms with van der Waals surface area (Å²) < 4.78 is 5.50. The van der Waals surface area contributed by atoms with Gasteiger partial charge in [-0.15, -0.1) is 0 Å². The molecular formula is C12H19N3O2. The monoisotopic (exact) mass is 237 g/mol. The Labute approximate surface area is 101 Å². The van der Waals surface area contributed by atoms with E-state index in [0.717, 1.165) is 12.8 Å². The van der Waals surface area contributed by atoms with Crippen molar-refractivity contribution in [1.29, 1.82) is 0 Å². The van der Waals surface area contributed by atoms with Crippen molar-refractivity contribution in [2.45, 2.75) is 19.4 Å². The molecule has 0 atom stereocenters. The van der Waals surface area contributed by atoms with Gasteiger partial charge in [-0.1, -0.05) is 30.3 Å². The molecule has 0 aliphatic rings. The standard InChI is InChI=1S/C12H19N3O2/c13-15-12(16)14-8-4-5-9-17-10-11-6-2-1-3-7-11/h1-3,6-7H,4-5,8-10,13H2,(H2,14,15,16). The molecule has 0 bridgehead atoms. The number of benzene rings is 1. The van der Waals surface area contributed by atoms with E-state index < -0.39 is 0 Å². The molecule has 5 heteroatoms. The van der Waals surface area contributed by atoms with Crippen LogP contribution in [0.15, 0.2) is 30.3 Å². The van der Waals surface area contributed by atoms with Gasteiger partial charge in [-0.2, -0.15) is 0 Å². The Morgan fingerprint density at radius 1 is 1.24 bits per heavy atom. The molecule has 1 rings (SSSR count). The molecule has 1 aromatic carbocycles. The topological polar surface area (TPSA) is 76.4 Å². The Morgan fingerprint density at radius 2 is 2.00 bits per heavy atom. The number of nitrogens with one attached hydrogen (secondary N) is 2. The lowest BCUT2D eigenvalue weighted by atomic mass is 10.2. The van der Waals surface area contributed by atoms with Gasteiger partial charge in [0.05, 0.1) is 6.61 Å². The summed E-state index contributed by atoms with van der Waals surface area (Å²) in [5, 5.41) is 2.61. The van der Waals surface area contributed by atoms with E-state index in [9.17, 15) is 4.79 Å². The van der Waals surface area contributed by atoms with Gasteiger partial charge in [0.25, 0.3) is 0 Å². The fourth-order valence-corrected chi connectivity index (χ4v) is 1.35. The molecule has 5 nitrogen and oxygen atoms in total. The smallest absolute Gasteiger partial charge is 0.328 e. The quantitative estimate of drug-likeness (QED) is 0.288. The third-order valence-electron chi connectivity index (χ3n) is 2.24. The molecule has 0 unspecified atom stereocenters. The Morgan fingerprint density at radius 3 is 2.71 bits per heavy atom. The van der Waals surface area contributed by atoms with Crippen LogP contribution in [0.4, 0.5) is 4.79 Å². The second kappa shape index (κ2) is 8.55. The van der Waals surface area contributed by atoms with Crippen LogP contribution in [-0.2, 0) is 11.3 Å². The SMILES string of the molecule is NNC(=O)NCCCCOCc1ccccc1. The minimum atomic E-state index is -0.352. The lowest BCUT2D eigenvalue weighted by molar-refractivity contribution is 0.117. The van der Waals surface area contributed by atoms with Crippen molar-refractivity contribution in [3.05, 3.63) is 35.9 Å². The van der Waals surface area contributed by atoms with E-state index in [2.05, 4.69) is 5.32 Å². The van der Waals surface area contributed by atoms with Gasteiger partial charge in [-0.05, 0) is 18.4 Å². The largest absolute Gasteiger partial charge is 0.377 e. The van der Waals surface area contributed by atoms with Crippen LogP contribution in [0.25, 0.3) is 0 Å². The molecule has 2 amide bonds.